The lowest BCUT2D eigenvalue weighted by Gasteiger charge is -2.37. The van der Waals surface area contributed by atoms with E-state index in [1.54, 1.807) is 6.92 Å². The Hall–Kier alpha value is -2.34. The molecule has 2 aliphatic heterocycles. The number of nitrogens with one attached hydrogen (secondary N) is 3. The van der Waals surface area contributed by atoms with Gasteiger partial charge in [0.1, 0.15) is 17.6 Å². The number of nitrogens with zero attached hydrogens (tertiary/aromatic N) is 1. The van der Waals surface area contributed by atoms with Gasteiger partial charge in [-0.1, -0.05) is 6.92 Å². The second-order valence-electron chi connectivity index (χ2n) is 7.26. The number of piperidine rings is 1. The maximum Gasteiger partial charge on any atom is 0.336 e. The molecule has 0 spiro atoms. The first-order valence-corrected chi connectivity index (χ1v) is 10.4. The highest BCUT2D eigenvalue weighted by Crippen LogP contribution is 2.33. The van der Waals surface area contributed by atoms with Crippen molar-refractivity contribution in [2.45, 2.75) is 31.0 Å². The maximum atomic E-state index is 14.2. The number of halogens is 3. The zero-order valence-electron chi connectivity index (χ0n) is 15.7. The van der Waals surface area contributed by atoms with E-state index in [1.807, 2.05) is 6.92 Å². The molecule has 29 heavy (non-hydrogen) atoms. The number of hydrogen-bond donors (Lipinski definition) is 3. The van der Waals surface area contributed by atoms with Crippen LogP contribution >= 0.6 is 0 Å². The van der Waals surface area contributed by atoms with Crippen molar-refractivity contribution in [1.29, 1.82) is 0 Å². The van der Waals surface area contributed by atoms with Crippen LogP contribution in [0.4, 0.5) is 23.7 Å². The van der Waals surface area contributed by atoms with Crippen LogP contribution in [0.2, 0.25) is 0 Å². The Morgan fingerprint density at radius 1 is 1.34 bits per heavy atom. The fourth-order valence-electron chi connectivity index (χ4n) is 3.85. The van der Waals surface area contributed by atoms with Gasteiger partial charge in [-0.25, -0.2) is 30.7 Å². The number of sulfonamides is 1. The van der Waals surface area contributed by atoms with Crippen LogP contribution in [0.3, 0.4) is 0 Å². The largest absolute Gasteiger partial charge is 0.352 e. The van der Waals surface area contributed by atoms with Crippen LogP contribution in [0.1, 0.15) is 13.8 Å². The highest BCUT2D eigenvalue weighted by molar-refractivity contribution is 7.90. The zero-order valence-corrected chi connectivity index (χ0v) is 16.5. The Morgan fingerprint density at radius 3 is 2.69 bits per heavy atom. The molecule has 1 saturated heterocycles. The lowest BCUT2D eigenvalue weighted by molar-refractivity contribution is -0.122. The molecule has 0 bridgehead atoms. The summed E-state index contributed by atoms with van der Waals surface area (Å²) >= 11 is 0. The normalized spacial score (nSPS) is 27.0. The SMILES string of the molecule is CC1CNCC(F)C1[C@@H](C)NC(=O)CN1C(=O)Nc2ccc(F)c(F)c2S1(=O)=O. The number of anilines is 1. The van der Waals surface area contributed by atoms with Crippen molar-refractivity contribution in [3.8, 4) is 0 Å². The molecule has 3 rings (SSSR count). The number of amides is 3. The first kappa shape index (κ1) is 21.4. The van der Waals surface area contributed by atoms with Gasteiger partial charge in [0.25, 0.3) is 10.0 Å². The highest BCUT2D eigenvalue weighted by atomic mass is 32.2. The first-order valence-electron chi connectivity index (χ1n) is 9.00. The van der Waals surface area contributed by atoms with E-state index in [2.05, 4.69) is 16.0 Å². The van der Waals surface area contributed by atoms with Crippen molar-refractivity contribution in [3.63, 3.8) is 0 Å². The fraction of sp³-hybridized carbons (Fsp3) is 0.529. The molecule has 3 N–H and O–H groups in total. The van der Waals surface area contributed by atoms with Crippen molar-refractivity contribution in [2.75, 3.05) is 25.0 Å². The Labute approximate surface area is 165 Å². The minimum Gasteiger partial charge on any atom is -0.352 e. The summed E-state index contributed by atoms with van der Waals surface area (Å²) in [7, 11) is -4.80. The van der Waals surface area contributed by atoms with Gasteiger partial charge >= 0.3 is 6.03 Å². The average molecular weight is 434 g/mol. The summed E-state index contributed by atoms with van der Waals surface area (Å²) in [6.07, 6.45) is -1.21. The van der Waals surface area contributed by atoms with Crippen LogP contribution in [0, 0.1) is 23.5 Å². The van der Waals surface area contributed by atoms with E-state index in [1.165, 1.54) is 0 Å². The number of benzene rings is 1. The third-order valence-corrected chi connectivity index (χ3v) is 6.99. The van der Waals surface area contributed by atoms with Gasteiger partial charge in [-0.2, -0.15) is 0 Å². The van der Waals surface area contributed by atoms with Crippen molar-refractivity contribution in [1.82, 2.24) is 14.9 Å². The van der Waals surface area contributed by atoms with Crippen LogP contribution < -0.4 is 16.0 Å². The van der Waals surface area contributed by atoms with Crippen LogP contribution in [-0.2, 0) is 14.8 Å². The van der Waals surface area contributed by atoms with Gasteiger partial charge < -0.3 is 16.0 Å². The Morgan fingerprint density at radius 2 is 2.03 bits per heavy atom. The lowest BCUT2D eigenvalue weighted by atomic mass is 9.81. The Kier molecular flexibility index (Phi) is 5.77. The van der Waals surface area contributed by atoms with E-state index in [0.717, 1.165) is 6.07 Å². The highest BCUT2D eigenvalue weighted by Gasteiger charge is 2.42. The smallest absolute Gasteiger partial charge is 0.336 e. The predicted molar refractivity (Wildman–Crippen MR) is 97.3 cm³/mol. The molecule has 1 aromatic rings. The van der Waals surface area contributed by atoms with Crippen LogP contribution in [0.25, 0.3) is 0 Å². The summed E-state index contributed by atoms with van der Waals surface area (Å²) in [5, 5.41) is 7.56. The van der Waals surface area contributed by atoms with Crippen LogP contribution in [0.5, 0.6) is 0 Å². The summed E-state index contributed by atoms with van der Waals surface area (Å²) < 4.78 is 67.2. The molecule has 2 heterocycles. The van der Waals surface area contributed by atoms with E-state index < -0.39 is 68.9 Å². The summed E-state index contributed by atoms with van der Waals surface area (Å²) in [5.74, 6) is -4.51. The van der Waals surface area contributed by atoms with Gasteiger partial charge in [0.15, 0.2) is 11.6 Å². The van der Waals surface area contributed by atoms with Gasteiger partial charge in [0.05, 0.1) is 5.69 Å². The Balaban J connectivity index is 1.78. The molecule has 12 heteroatoms. The predicted octanol–water partition coefficient (Wildman–Crippen LogP) is 1.20. The number of fused-ring (bicyclic) bond motifs is 1. The third-order valence-electron chi connectivity index (χ3n) is 5.20. The van der Waals surface area contributed by atoms with Crippen molar-refractivity contribution < 1.29 is 31.2 Å². The van der Waals surface area contributed by atoms with E-state index in [0.29, 0.717) is 12.6 Å². The molecular formula is C17H21F3N4O4S. The molecule has 0 radical (unpaired) electrons. The summed E-state index contributed by atoms with van der Waals surface area (Å²) in [4.78, 5) is 23.5. The molecule has 0 saturated carbocycles. The number of carbonyl (C=O) groups excluding carboxylic acids is 2. The minimum atomic E-state index is -4.80. The topological polar surface area (TPSA) is 108 Å². The summed E-state index contributed by atoms with van der Waals surface area (Å²) in [6.45, 7) is 3.16. The molecule has 0 aromatic heterocycles. The van der Waals surface area contributed by atoms with Crippen LogP contribution in [-0.4, -0.2) is 56.5 Å². The molecular weight excluding hydrogens is 413 g/mol. The van der Waals surface area contributed by atoms with Gasteiger partial charge in [0.2, 0.25) is 5.91 Å². The number of hydrogen-bond acceptors (Lipinski definition) is 5. The molecule has 0 aliphatic carbocycles. The van der Waals surface area contributed by atoms with Crippen molar-refractivity contribution >= 4 is 27.6 Å². The third kappa shape index (κ3) is 3.90. The number of carbonyl (C=O) groups is 2. The maximum absolute atomic E-state index is 14.2. The molecule has 4 atom stereocenters. The number of rotatable bonds is 4. The van der Waals surface area contributed by atoms with E-state index >= 15 is 0 Å². The first-order chi connectivity index (χ1) is 13.5. The number of urea groups is 1. The lowest BCUT2D eigenvalue weighted by Crippen LogP contribution is -2.55. The van der Waals surface area contributed by atoms with E-state index in [4.69, 9.17) is 0 Å². The standard InChI is InChI=1S/C17H21F3N4O4S/c1-8-5-21-6-11(19)14(8)9(2)22-13(25)7-24-17(26)23-12-4-3-10(18)15(20)16(12)29(24,27)28/h3-4,8-9,11,14,21H,5-7H2,1-2H3,(H,22,25)(H,23,26)/t8?,9-,11?,14?/m1/s1. The van der Waals surface area contributed by atoms with Gasteiger partial charge in [-0.05, 0) is 31.5 Å². The second kappa shape index (κ2) is 7.82. The van der Waals surface area contributed by atoms with Gasteiger partial charge in [-0.15, -0.1) is 0 Å². The fourth-order valence-corrected chi connectivity index (χ4v) is 5.34. The molecule has 2 aliphatic rings. The molecule has 8 nitrogen and oxygen atoms in total. The Bertz CT molecular complexity index is 933. The van der Waals surface area contributed by atoms with E-state index in [-0.39, 0.29) is 16.8 Å². The second-order valence-corrected chi connectivity index (χ2v) is 9.06. The molecule has 1 fully saturated rings. The van der Waals surface area contributed by atoms with Gasteiger partial charge in [-0.3, -0.25) is 4.79 Å². The summed E-state index contributed by atoms with van der Waals surface area (Å²) in [5.41, 5.74) is -0.414. The number of alkyl halides is 1. The molecule has 1 aromatic carbocycles. The average Bonchev–Trinajstić information content (AvgIpc) is 2.61. The molecule has 3 unspecified atom stereocenters. The quantitative estimate of drug-likeness (QED) is 0.660. The van der Waals surface area contributed by atoms with Crippen molar-refractivity contribution in [3.05, 3.63) is 23.8 Å². The summed E-state index contributed by atoms with van der Waals surface area (Å²) in [6, 6.07) is -0.207. The minimum absolute atomic E-state index is 0.0833. The monoisotopic (exact) mass is 434 g/mol. The van der Waals surface area contributed by atoms with Gasteiger partial charge in [0, 0.05) is 18.5 Å². The molecule has 3 amide bonds. The van der Waals surface area contributed by atoms with Crippen LogP contribution in [0.15, 0.2) is 17.0 Å². The molecule has 160 valence electrons. The van der Waals surface area contributed by atoms with Crippen molar-refractivity contribution in [2.24, 2.45) is 11.8 Å². The van der Waals surface area contributed by atoms with E-state index in [9.17, 15) is 31.2 Å². The zero-order chi connectivity index (χ0) is 21.5.